The Balaban J connectivity index is 1.28. The zero-order chi connectivity index (χ0) is 68.7. The lowest BCUT2D eigenvalue weighted by Crippen LogP contribution is -2.58. The average Bonchev–Trinajstić information content (AvgIpc) is 0.971. The molecule has 1 aliphatic carbocycles. The molecule has 0 bridgehead atoms. The summed E-state index contributed by atoms with van der Waals surface area (Å²) in [7, 11) is 0. The van der Waals surface area contributed by atoms with Gasteiger partial charge in [0.2, 0.25) is 53.2 Å². The fourth-order valence-corrected chi connectivity index (χ4v) is 10.0. The number of hydrogen-bond acceptors (Lipinski definition) is 15. The number of amides is 11. The van der Waals surface area contributed by atoms with Crippen LogP contribution < -0.4 is 58.5 Å². The Morgan fingerprint density at radius 1 is 0.441 bits per heavy atom. The first kappa shape index (κ1) is 75.2. The lowest BCUT2D eigenvalue weighted by Gasteiger charge is -2.29. The third-order valence-electron chi connectivity index (χ3n) is 15.2. The molecular formula is C62H83N11O20. The van der Waals surface area contributed by atoms with E-state index in [0.717, 1.165) is 21.9 Å². The molecule has 8 atom stereocenters. The minimum absolute atomic E-state index is 0.0523. The maximum atomic E-state index is 13.9. The molecular weight excluding hydrogens is 1220 g/mol. The number of fused-ring (bicyclic) bond motifs is 1. The van der Waals surface area contributed by atoms with Crippen molar-refractivity contribution in [2.24, 2.45) is 11.8 Å². The predicted octanol–water partition coefficient (Wildman–Crippen LogP) is -0.281. The molecule has 0 spiro atoms. The molecule has 0 aliphatic heterocycles. The van der Waals surface area contributed by atoms with Gasteiger partial charge < -0.3 is 84.0 Å². The number of urea groups is 1. The molecule has 3 aromatic carbocycles. The van der Waals surface area contributed by atoms with Gasteiger partial charge in [-0.05, 0) is 106 Å². The van der Waals surface area contributed by atoms with Crippen LogP contribution in [0.4, 0.5) is 4.79 Å². The number of carboxylic acids is 5. The minimum Gasteiger partial charge on any atom is -0.481 e. The molecule has 31 nitrogen and oxygen atoms in total. The second kappa shape index (κ2) is 38.5. The molecule has 506 valence electrons. The molecule has 0 unspecified atom stereocenters. The van der Waals surface area contributed by atoms with Gasteiger partial charge in [-0.25, -0.2) is 14.4 Å². The van der Waals surface area contributed by atoms with Crippen molar-refractivity contribution in [3.63, 3.8) is 0 Å². The Hall–Kier alpha value is -10.2. The van der Waals surface area contributed by atoms with Crippen LogP contribution in [0.3, 0.4) is 0 Å². The molecule has 4 rings (SSSR count). The molecule has 1 fully saturated rings. The number of carbonyl (C=O) groups excluding carboxylic acids is 10. The van der Waals surface area contributed by atoms with Gasteiger partial charge in [0.05, 0.1) is 6.54 Å². The second-order valence-corrected chi connectivity index (χ2v) is 22.7. The maximum Gasteiger partial charge on any atom is 0.326 e. The van der Waals surface area contributed by atoms with E-state index in [4.69, 9.17) is 5.11 Å². The first-order valence-electron chi connectivity index (χ1n) is 30.4. The average molecular weight is 1300 g/mol. The monoisotopic (exact) mass is 1300 g/mol. The maximum absolute atomic E-state index is 13.9. The number of benzene rings is 3. The molecule has 11 amide bonds. The fourth-order valence-electron chi connectivity index (χ4n) is 10.0. The molecule has 93 heavy (non-hydrogen) atoms. The van der Waals surface area contributed by atoms with Gasteiger partial charge in [0.25, 0.3) is 0 Å². The smallest absolute Gasteiger partial charge is 0.326 e. The van der Waals surface area contributed by atoms with Crippen LogP contribution in [-0.2, 0) is 80.0 Å². The van der Waals surface area contributed by atoms with Crippen molar-refractivity contribution in [3.05, 3.63) is 83.9 Å². The highest BCUT2D eigenvalue weighted by Gasteiger charge is 2.34. The fraction of sp³-hybridized carbons (Fsp3) is 0.500. The van der Waals surface area contributed by atoms with Crippen LogP contribution in [0.1, 0.15) is 115 Å². The third kappa shape index (κ3) is 27.8. The zero-order valence-corrected chi connectivity index (χ0v) is 51.8. The highest BCUT2D eigenvalue weighted by Crippen LogP contribution is 2.29. The summed E-state index contributed by atoms with van der Waals surface area (Å²) in [5.74, 6) is -14.2. The van der Waals surface area contributed by atoms with Gasteiger partial charge in [0, 0.05) is 58.0 Å². The number of carbonyl (C=O) groups is 15. The van der Waals surface area contributed by atoms with Crippen molar-refractivity contribution < 1.29 is 97.5 Å². The highest BCUT2D eigenvalue weighted by atomic mass is 16.4. The molecule has 0 heterocycles. The van der Waals surface area contributed by atoms with Crippen molar-refractivity contribution in [3.8, 4) is 0 Å². The largest absolute Gasteiger partial charge is 0.481 e. The van der Waals surface area contributed by atoms with E-state index in [9.17, 15) is 92.3 Å². The normalized spacial score (nSPS) is 16.0. The summed E-state index contributed by atoms with van der Waals surface area (Å²) in [6, 6.07) is 9.83. The van der Waals surface area contributed by atoms with Gasteiger partial charge in [-0.1, -0.05) is 72.8 Å². The zero-order valence-electron chi connectivity index (χ0n) is 51.8. The Bertz CT molecular complexity index is 3160. The molecule has 1 aliphatic rings. The highest BCUT2D eigenvalue weighted by molar-refractivity contribution is 5.97. The van der Waals surface area contributed by atoms with Crippen LogP contribution in [0.5, 0.6) is 0 Å². The Labute approximate surface area is 534 Å². The van der Waals surface area contributed by atoms with E-state index in [1.807, 2.05) is 42.5 Å². The standard InChI is InChI=1S/C62H83N11O20/c1-34(67-59(88)48(68-36(3)74)30-37-11-5-4-6-12-37)53(82)66-35(2)54(83)69-44(23-26-51(78)79)58(87)70-43(22-25-50(76)77)56(85)65-33-49(75)64-32-38-16-20-41(21-17-38)55(84)71-47(31-39-18-19-40-13-7-8-14-42(40)29-39)57(86)63-28-10-9-15-45(60(89)90)72-62(93)73-46(61(91)92)24-27-52(80)81/h4-8,11-14,18-19,29,34-35,38,41,43-48H,9-10,15-17,20-28,30-33H2,1-3H3,(H,63,86)(H,64,75)(H,65,85)(H,66,82)(H,67,88)(H,68,74)(H,69,83)(H,70,87)(H,71,84)(H,76,77)(H,78,79)(H,80,81)(H,89,90)(H,91,92)(H2,72,73,93)/t34-,35-,38?,41?,43-,44-,45-,46-,47-,48-/m0/s1. The number of aliphatic carboxylic acids is 5. The van der Waals surface area contributed by atoms with Crippen LogP contribution in [0.2, 0.25) is 0 Å². The summed E-state index contributed by atoms with van der Waals surface area (Å²) < 4.78 is 0. The van der Waals surface area contributed by atoms with Crippen LogP contribution in [0.15, 0.2) is 72.8 Å². The van der Waals surface area contributed by atoms with Gasteiger partial charge in [-0.2, -0.15) is 0 Å². The van der Waals surface area contributed by atoms with Crippen LogP contribution in [-0.4, -0.2) is 183 Å². The van der Waals surface area contributed by atoms with E-state index in [2.05, 4.69) is 58.5 Å². The molecule has 0 saturated heterocycles. The summed E-state index contributed by atoms with van der Waals surface area (Å²) in [6.45, 7) is 3.35. The number of hydrogen-bond donors (Lipinski definition) is 16. The number of carboxylic acid groups (broad SMARTS) is 5. The number of rotatable bonds is 39. The van der Waals surface area contributed by atoms with E-state index in [1.54, 1.807) is 30.3 Å². The van der Waals surface area contributed by atoms with Gasteiger partial charge >= 0.3 is 35.9 Å². The molecule has 0 radical (unpaired) electrons. The Morgan fingerprint density at radius 2 is 0.925 bits per heavy atom. The topological polar surface area (TPSA) is 490 Å². The Morgan fingerprint density at radius 3 is 1.51 bits per heavy atom. The van der Waals surface area contributed by atoms with Crippen molar-refractivity contribution >= 4 is 99.8 Å². The Kier molecular flexibility index (Phi) is 31.1. The minimum atomic E-state index is -1.64. The third-order valence-corrected chi connectivity index (χ3v) is 15.2. The first-order valence-corrected chi connectivity index (χ1v) is 30.4. The van der Waals surface area contributed by atoms with Crippen LogP contribution in [0.25, 0.3) is 10.8 Å². The van der Waals surface area contributed by atoms with E-state index in [1.165, 1.54) is 20.8 Å². The van der Waals surface area contributed by atoms with Gasteiger partial charge in [-0.15, -0.1) is 0 Å². The number of unbranched alkanes of at least 4 members (excludes halogenated alkanes) is 1. The van der Waals surface area contributed by atoms with E-state index < -0.39 is 182 Å². The van der Waals surface area contributed by atoms with Crippen LogP contribution in [0, 0.1) is 11.8 Å². The summed E-state index contributed by atoms with van der Waals surface area (Å²) in [4.78, 5) is 189. The molecule has 31 heteroatoms. The van der Waals surface area contributed by atoms with Crippen molar-refractivity contribution in [1.82, 2.24) is 58.5 Å². The summed E-state index contributed by atoms with van der Waals surface area (Å²) >= 11 is 0. The van der Waals surface area contributed by atoms with Gasteiger partial charge in [0.1, 0.15) is 48.3 Å². The number of nitrogens with one attached hydrogen (secondary N) is 11. The van der Waals surface area contributed by atoms with Gasteiger partial charge in [0.15, 0.2) is 0 Å². The SMILES string of the molecule is CC(=O)N[C@@H](Cc1ccccc1)C(=O)N[C@@H](C)C(=O)N[C@@H](C)C(=O)N[C@@H](CCC(=O)O)C(=O)N[C@@H](CCC(=O)O)C(=O)NCC(=O)NCC1CCC(C(=O)N[C@@H](Cc2ccc3ccccc3c2)C(=O)NCCCC[C@H](NC(=O)N[C@@H](CCC(=O)O)C(=O)O)C(=O)O)CC1. The van der Waals surface area contributed by atoms with Crippen molar-refractivity contribution in [1.29, 1.82) is 0 Å². The molecule has 0 aromatic heterocycles. The summed E-state index contributed by atoms with van der Waals surface area (Å²) in [6.07, 6.45) is -1.07. The second-order valence-electron chi connectivity index (χ2n) is 22.7. The molecule has 1 saturated carbocycles. The van der Waals surface area contributed by atoms with Crippen molar-refractivity contribution in [2.75, 3.05) is 19.6 Å². The van der Waals surface area contributed by atoms with E-state index >= 15 is 0 Å². The lowest BCUT2D eigenvalue weighted by atomic mass is 9.81. The predicted molar refractivity (Wildman–Crippen MR) is 330 cm³/mol. The molecule has 16 N–H and O–H groups in total. The lowest BCUT2D eigenvalue weighted by molar-refractivity contribution is -0.141. The van der Waals surface area contributed by atoms with Crippen LogP contribution >= 0.6 is 0 Å². The summed E-state index contributed by atoms with van der Waals surface area (Å²) in [5, 5.41) is 75.7. The van der Waals surface area contributed by atoms with Gasteiger partial charge in [-0.3, -0.25) is 57.5 Å². The quantitative estimate of drug-likeness (QED) is 0.0327. The van der Waals surface area contributed by atoms with Crippen molar-refractivity contribution in [2.45, 2.75) is 165 Å². The first-order chi connectivity index (χ1) is 44.1. The molecule has 3 aromatic rings. The summed E-state index contributed by atoms with van der Waals surface area (Å²) in [5.41, 5.74) is 1.47. The van der Waals surface area contributed by atoms with E-state index in [0.29, 0.717) is 25.7 Å². The van der Waals surface area contributed by atoms with E-state index in [-0.39, 0.29) is 57.0 Å².